The van der Waals surface area contributed by atoms with E-state index in [4.69, 9.17) is 0 Å². The fraction of sp³-hybridized carbons (Fsp3) is 0.286. The number of ketones is 1. The van der Waals surface area contributed by atoms with Crippen LogP contribution in [-0.4, -0.2) is 21.5 Å². The third kappa shape index (κ3) is 3.00. The van der Waals surface area contributed by atoms with Crippen molar-refractivity contribution in [2.24, 2.45) is 0 Å². The van der Waals surface area contributed by atoms with E-state index >= 15 is 0 Å². The van der Waals surface area contributed by atoms with Gasteiger partial charge < -0.3 is 5.32 Å². The average Bonchev–Trinajstić information content (AvgIpc) is 3.17. The molecule has 138 valence electrons. The fourth-order valence-corrected chi connectivity index (χ4v) is 4.59. The van der Waals surface area contributed by atoms with E-state index in [-0.39, 0.29) is 18.1 Å². The molecule has 0 saturated heterocycles. The lowest BCUT2D eigenvalue weighted by atomic mass is 9.87. The number of Topliss-reactive ketones (excluding diaryl/α,β-unsaturated/α-hetero) is 1. The van der Waals surface area contributed by atoms with Gasteiger partial charge >= 0.3 is 0 Å². The van der Waals surface area contributed by atoms with Crippen molar-refractivity contribution in [3.63, 3.8) is 0 Å². The van der Waals surface area contributed by atoms with Gasteiger partial charge in [0.1, 0.15) is 5.82 Å². The lowest BCUT2D eigenvalue weighted by molar-refractivity contribution is -0.116. The summed E-state index contributed by atoms with van der Waals surface area (Å²) in [5.74, 6) is -0.0406. The van der Waals surface area contributed by atoms with Gasteiger partial charge in [0, 0.05) is 16.9 Å². The zero-order valence-corrected chi connectivity index (χ0v) is 16.6. The summed E-state index contributed by atoms with van der Waals surface area (Å²) in [7, 11) is 0. The molecule has 6 heteroatoms. The monoisotopic (exact) mass is 379 g/mol. The number of hydrogen-bond acceptors (Lipinski definition) is 4. The summed E-state index contributed by atoms with van der Waals surface area (Å²) in [5.41, 5.74) is 4.74. The molecule has 27 heavy (non-hydrogen) atoms. The van der Waals surface area contributed by atoms with E-state index in [9.17, 15) is 9.59 Å². The molecule has 1 unspecified atom stereocenters. The number of anilines is 1. The zero-order chi connectivity index (χ0) is 19.3. The minimum Gasteiger partial charge on any atom is -0.310 e. The molecule has 1 aromatic carbocycles. The Labute approximate surface area is 162 Å². The van der Waals surface area contributed by atoms with E-state index in [2.05, 4.69) is 16.5 Å². The second-order valence-electron chi connectivity index (χ2n) is 7.13. The SMILES string of the molecule is Cc1ccc(-n2nc(C)c3c2NC(=O)CC3C(=O)c2ccc(C)s2)c(C)c1. The lowest BCUT2D eigenvalue weighted by Crippen LogP contribution is -2.28. The Hall–Kier alpha value is -2.73. The van der Waals surface area contributed by atoms with Gasteiger partial charge in [-0.3, -0.25) is 9.59 Å². The van der Waals surface area contributed by atoms with Crippen molar-refractivity contribution in [2.75, 3.05) is 5.32 Å². The first-order chi connectivity index (χ1) is 12.8. The van der Waals surface area contributed by atoms with Gasteiger partial charge in [-0.1, -0.05) is 17.7 Å². The molecular formula is C21H21N3O2S. The molecule has 1 aliphatic rings. The average molecular weight is 379 g/mol. The van der Waals surface area contributed by atoms with Crippen LogP contribution in [0.2, 0.25) is 0 Å². The fourth-order valence-electron chi connectivity index (χ4n) is 3.73. The molecule has 3 aromatic rings. The Morgan fingerprint density at radius 1 is 1.19 bits per heavy atom. The van der Waals surface area contributed by atoms with Gasteiger partial charge in [0.15, 0.2) is 5.78 Å². The first-order valence-electron chi connectivity index (χ1n) is 8.93. The van der Waals surface area contributed by atoms with Crippen molar-refractivity contribution in [3.8, 4) is 5.69 Å². The highest BCUT2D eigenvalue weighted by atomic mass is 32.1. The maximum absolute atomic E-state index is 13.1. The Bertz CT molecular complexity index is 1080. The summed E-state index contributed by atoms with van der Waals surface area (Å²) in [4.78, 5) is 27.3. The van der Waals surface area contributed by atoms with E-state index in [1.807, 2.05) is 52.0 Å². The van der Waals surface area contributed by atoms with Gasteiger partial charge in [-0.2, -0.15) is 5.10 Å². The molecular weight excluding hydrogens is 358 g/mol. The number of nitrogens with one attached hydrogen (secondary N) is 1. The van der Waals surface area contributed by atoms with E-state index in [1.54, 1.807) is 4.68 Å². The molecule has 0 aliphatic carbocycles. The second kappa shape index (κ2) is 6.46. The molecule has 0 fully saturated rings. The molecule has 0 saturated carbocycles. The number of aryl methyl sites for hydroxylation is 4. The summed E-state index contributed by atoms with van der Waals surface area (Å²) in [6, 6.07) is 9.89. The summed E-state index contributed by atoms with van der Waals surface area (Å²) in [6.07, 6.45) is 0.155. The van der Waals surface area contributed by atoms with Crippen LogP contribution >= 0.6 is 11.3 Å². The van der Waals surface area contributed by atoms with Crippen LogP contribution in [0.1, 0.15) is 49.3 Å². The van der Waals surface area contributed by atoms with Gasteiger partial charge in [0.05, 0.1) is 22.2 Å². The summed E-state index contributed by atoms with van der Waals surface area (Å²) in [5, 5.41) is 7.62. The zero-order valence-electron chi connectivity index (χ0n) is 15.8. The van der Waals surface area contributed by atoms with Crippen LogP contribution in [0.5, 0.6) is 0 Å². The lowest BCUT2D eigenvalue weighted by Gasteiger charge is -2.23. The molecule has 5 nitrogen and oxygen atoms in total. The van der Waals surface area contributed by atoms with Crippen molar-refractivity contribution >= 4 is 28.8 Å². The van der Waals surface area contributed by atoms with E-state index < -0.39 is 5.92 Å². The number of thiophene rings is 1. The summed E-state index contributed by atoms with van der Waals surface area (Å²) in [6.45, 7) is 7.94. The molecule has 1 amide bonds. The van der Waals surface area contributed by atoms with Crippen molar-refractivity contribution in [2.45, 2.75) is 40.0 Å². The van der Waals surface area contributed by atoms with Crippen LogP contribution in [0.25, 0.3) is 5.69 Å². The molecule has 0 radical (unpaired) electrons. The van der Waals surface area contributed by atoms with Crippen LogP contribution in [0.3, 0.4) is 0 Å². The molecule has 0 spiro atoms. The number of hydrogen-bond donors (Lipinski definition) is 1. The number of benzene rings is 1. The van der Waals surface area contributed by atoms with Crippen LogP contribution in [-0.2, 0) is 4.79 Å². The van der Waals surface area contributed by atoms with Crippen LogP contribution in [0.4, 0.5) is 5.82 Å². The number of fused-ring (bicyclic) bond motifs is 1. The predicted molar refractivity (Wildman–Crippen MR) is 107 cm³/mol. The van der Waals surface area contributed by atoms with E-state index in [0.29, 0.717) is 10.7 Å². The van der Waals surface area contributed by atoms with Crippen LogP contribution in [0, 0.1) is 27.7 Å². The predicted octanol–water partition coefficient (Wildman–Crippen LogP) is 4.48. The minimum atomic E-state index is -0.494. The van der Waals surface area contributed by atoms with Crippen molar-refractivity contribution < 1.29 is 9.59 Å². The Kier molecular flexibility index (Phi) is 4.23. The third-order valence-corrected chi connectivity index (χ3v) is 6.00. The van der Waals surface area contributed by atoms with E-state index in [1.165, 1.54) is 16.9 Å². The number of amides is 1. The number of carbonyl (C=O) groups is 2. The quantitative estimate of drug-likeness (QED) is 0.683. The van der Waals surface area contributed by atoms with Crippen molar-refractivity contribution in [1.29, 1.82) is 0 Å². The molecule has 1 aliphatic heterocycles. The third-order valence-electron chi connectivity index (χ3n) is 4.98. The van der Waals surface area contributed by atoms with Gasteiger partial charge in [0.25, 0.3) is 0 Å². The summed E-state index contributed by atoms with van der Waals surface area (Å²) >= 11 is 1.47. The van der Waals surface area contributed by atoms with Gasteiger partial charge in [-0.05, 0) is 51.5 Å². The highest BCUT2D eigenvalue weighted by molar-refractivity contribution is 7.14. The second-order valence-corrected chi connectivity index (χ2v) is 8.42. The summed E-state index contributed by atoms with van der Waals surface area (Å²) < 4.78 is 1.76. The smallest absolute Gasteiger partial charge is 0.226 e. The molecule has 4 rings (SSSR count). The highest BCUT2D eigenvalue weighted by Crippen LogP contribution is 2.39. The van der Waals surface area contributed by atoms with Gasteiger partial charge in [-0.25, -0.2) is 4.68 Å². The molecule has 3 heterocycles. The number of rotatable bonds is 3. The van der Waals surface area contributed by atoms with E-state index in [0.717, 1.165) is 27.4 Å². The first kappa shape index (κ1) is 17.7. The number of nitrogens with zero attached hydrogens (tertiary/aromatic N) is 2. The highest BCUT2D eigenvalue weighted by Gasteiger charge is 2.36. The van der Waals surface area contributed by atoms with Crippen LogP contribution in [0.15, 0.2) is 30.3 Å². The Morgan fingerprint density at radius 3 is 2.63 bits per heavy atom. The van der Waals surface area contributed by atoms with Crippen molar-refractivity contribution in [1.82, 2.24) is 9.78 Å². The number of aromatic nitrogens is 2. The molecule has 2 aromatic heterocycles. The number of carbonyl (C=O) groups excluding carboxylic acids is 2. The maximum atomic E-state index is 13.1. The largest absolute Gasteiger partial charge is 0.310 e. The first-order valence-corrected chi connectivity index (χ1v) is 9.74. The minimum absolute atomic E-state index is 0.00696. The molecule has 1 atom stereocenters. The topological polar surface area (TPSA) is 64.0 Å². The maximum Gasteiger partial charge on any atom is 0.226 e. The van der Waals surface area contributed by atoms with Crippen LogP contribution < -0.4 is 5.32 Å². The van der Waals surface area contributed by atoms with Crippen molar-refractivity contribution in [3.05, 3.63) is 62.5 Å². The molecule has 0 bridgehead atoms. The standard InChI is InChI=1S/C21H21N3O2S/c1-11-5-7-16(12(2)9-11)24-21-19(14(4)23-24)15(10-18(25)22-21)20(26)17-8-6-13(3)27-17/h5-9,15H,10H2,1-4H3,(H,22,25). The normalized spacial score (nSPS) is 16.1. The Morgan fingerprint density at radius 2 is 1.96 bits per heavy atom. The van der Waals surface area contributed by atoms with Gasteiger partial charge in [-0.15, -0.1) is 11.3 Å². The molecule has 1 N–H and O–H groups in total. The Balaban J connectivity index is 1.85. The van der Waals surface area contributed by atoms with Gasteiger partial charge in [0.2, 0.25) is 5.91 Å².